The van der Waals surface area contributed by atoms with E-state index in [1.807, 2.05) is 0 Å². The second kappa shape index (κ2) is 8.94. The molecule has 2 aromatic carbocycles. The zero-order valence-electron chi connectivity index (χ0n) is 16.2. The van der Waals surface area contributed by atoms with Gasteiger partial charge in [0, 0.05) is 13.1 Å². The zero-order chi connectivity index (χ0) is 21.9. The van der Waals surface area contributed by atoms with Gasteiger partial charge in [-0.3, -0.25) is 4.79 Å². The van der Waals surface area contributed by atoms with E-state index in [1.54, 1.807) is 13.8 Å². The number of nitrogens with zero attached hydrogens (tertiary/aromatic N) is 4. The van der Waals surface area contributed by atoms with Gasteiger partial charge in [0.05, 0.1) is 15.6 Å². The summed E-state index contributed by atoms with van der Waals surface area (Å²) in [5.41, 5.74) is 0.911. The van der Waals surface area contributed by atoms with Crippen molar-refractivity contribution in [1.82, 2.24) is 19.5 Å². The molecule has 12 heteroatoms. The van der Waals surface area contributed by atoms with Gasteiger partial charge < -0.3 is 10.2 Å². The van der Waals surface area contributed by atoms with Crippen LogP contribution < -0.4 is 10.2 Å². The first-order chi connectivity index (χ1) is 14.3. The van der Waals surface area contributed by atoms with Crippen molar-refractivity contribution in [3.8, 4) is 0 Å². The van der Waals surface area contributed by atoms with Crippen LogP contribution in [0.25, 0.3) is 11.0 Å². The normalized spacial score (nSPS) is 11.8. The molecule has 0 unspecified atom stereocenters. The number of fused-ring (bicyclic) bond motifs is 1. The van der Waals surface area contributed by atoms with E-state index in [-0.39, 0.29) is 21.1 Å². The minimum absolute atomic E-state index is 0.0424. The fourth-order valence-corrected chi connectivity index (χ4v) is 4.44. The Hall–Kier alpha value is -2.76. The lowest BCUT2D eigenvalue weighted by Gasteiger charge is -2.18. The fourth-order valence-electron chi connectivity index (χ4n) is 2.74. The quantitative estimate of drug-likeness (QED) is 0.558. The molecule has 0 saturated carbocycles. The van der Waals surface area contributed by atoms with Crippen LogP contribution in [0.2, 0.25) is 5.02 Å². The summed E-state index contributed by atoms with van der Waals surface area (Å²) in [6.45, 7) is 3.70. The topological polar surface area (TPSA) is 106 Å². The second-order valence-corrected chi connectivity index (χ2v) is 8.49. The van der Waals surface area contributed by atoms with Crippen molar-refractivity contribution in [1.29, 1.82) is 0 Å². The Morgan fingerprint density at radius 3 is 2.63 bits per heavy atom. The van der Waals surface area contributed by atoms with E-state index in [2.05, 4.69) is 15.6 Å². The summed E-state index contributed by atoms with van der Waals surface area (Å²) in [7, 11) is -3.68. The van der Waals surface area contributed by atoms with E-state index in [9.17, 15) is 17.6 Å². The van der Waals surface area contributed by atoms with Crippen molar-refractivity contribution in [2.24, 2.45) is 0 Å². The van der Waals surface area contributed by atoms with E-state index in [4.69, 9.17) is 16.4 Å². The number of carbonyl (C=O) groups excluding carboxylic acids is 1. The molecular formula is C18H19ClFN5O4S. The molecule has 160 valence electrons. The average molecular weight is 456 g/mol. The number of sulfonamides is 1. The summed E-state index contributed by atoms with van der Waals surface area (Å²) in [6, 6.07) is 7.89. The first kappa shape index (κ1) is 21.9. The third-order valence-electron chi connectivity index (χ3n) is 4.25. The van der Waals surface area contributed by atoms with Crippen LogP contribution in [0.4, 0.5) is 10.1 Å². The molecule has 0 aliphatic heterocycles. The lowest BCUT2D eigenvalue weighted by Crippen LogP contribution is -2.30. The predicted octanol–water partition coefficient (Wildman–Crippen LogP) is 2.32. The van der Waals surface area contributed by atoms with Gasteiger partial charge in [-0.15, -0.1) is 5.10 Å². The molecule has 0 fully saturated rings. The van der Waals surface area contributed by atoms with Gasteiger partial charge in [-0.25, -0.2) is 12.8 Å². The maximum atomic E-state index is 13.1. The highest BCUT2D eigenvalue weighted by atomic mass is 35.5. The summed E-state index contributed by atoms with van der Waals surface area (Å²) < 4.78 is 39.9. The third kappa shape index (κ3) is 4.53. The molecule has 3 rings (SSSR count). The monoisotopic (exact) mass is 455 g/mol. The van der Waals surface area contributed by atoms with E-state index >= 15 is 0 Å². The number of aromatic nitrogens is 3. The van der Waals surface area contributed by atoms with Gasteiger partial charge in [-0.05, 0) is 41.6 Å². The molecule has 0 saturated heterocycles. The summed E-state index contributed by atoms with van der Waals surface area (Å²) in [4.78, 5) is 18.5. The Morgan fingerprint density at radius 1 is 1.23 bits per heavy atom. The Morgan fingerprint density at radius 2 is 1.97 bits per heavy atom. The SMILES string of the molecule is CCN(CC)S(=O)(=O)c1ccc2nnn(OCC(=O)Nc3ccc(F)cc3Cl)c2c1. The van der Waals surface area contributed by atoms with E-state index in [0.29, 0.717) is 18.6 Å². The zero-order valence-corrected chi connectivity index (χ0v) is 17.7. The Kier molecular flexibility index (Phi) is 6.54. The first-order valence-electron chi connectivity index (χ1n) is 9.00. The van der Waals surface area contributed by atoms with Gasteiger partial charge in [0.25, 0.3) is 5.91 Å². The summed E-state index contributed by atoms with van der Waals surface area (Å²) in [5.74, 6) is -1.10. The Balaban J connectivity index is 1.77. The Bertz CT molecular complexity index is 1180. The summed E-state index contributed by atoms with van der Waals surface area (Å²) in [6.07, 6.45) is 0. The van der Waals surface area contributed by atoms with Crippen molar-refractivity contribution >= 4 is 44.3 Å². The van der Waals surface area contributed by atoms with Gasteiger partial charge >= 0.3 is 0 Å². The van der Waals surface area contributed by atoms with Crippen molar-refractivity contribution in [3.63, 3.8) is 0 Å². The molecule has 9 nitrogen and oxygen atoms in total. The molecule has 1 amide bonds. The average Bonchev–Trinajstić information content (AvgIpc) is 3.11. The van der Waals surface area contributed by atoms with Gasteiger partial charge in [-0.2, -0.15) is 4.31 Å². The van der Waals surface area contributed by atoms with Gasteiger partial charge in [0.2, 0.25) is 10.0 Å². The maximum absolute atomic E-state index is 13.1. The molecule has 30 heavy (non-hydrogen) atoms. The Labute approximate surface area is 177 Å². The molecule has 0 radical (unpaired) electrons. The van der Waals surface area contributed by atoms with Crippen LogP contribution in [0.15, 0.2) is 41.3 Å². The molecular weight excluding hydrogens is 437 g/mol. The van der Waals surface area contributed by atoms with Crippen molar-refractivity contribution < 1.29 is 22.4 Å². The molecule has 0 atom stereocenters. The molecule has 0 bridgehead atoms. The number of hydrogen-bond acceptors (Lipinski definition) is 6. The predicted molar refractivity (Wildman–Crippen MR) is 109 cm³/mol. The van der Waals surface area contributed by atoms with Crippen LogP contribution in [-0.2, 0) is 14.8 Å². The lowest BCUT2D eigenvalue weighted by molar-refractivity contribution is -0.121. The molecule has 1 aromatic heterocycles. The van der Waals surface area contributed by atoms with Crippen LogP contribution in [0.5, 0.6) is 0 Å². The van der Waals surface area contributed by atoms with Gasteiger partial charge in [0.15, 0.2) is 6.61 Å². The maximum Gasteiger partial charge on any atom is 0.265 e. The molecule has 0 spiro atoms. The molecule has 3 aromatic rings. The third-order valence-corrected chi connectivity index (χ3v) is 6.61. The smallest absolute Gasteiger partial charge is 0.265 e. The van der Waals surface area contributed by atoms with Crippen LogP contribution in [0.1, 0.15) is 13.8 Å². The number of carbonyl (C=O) groups is 1. The van der Waals surface area contributed by atoms with Gasteiger partial charge in [-0.1, -0.05) is 30.3 Å². The van der Waals surface area contributed by atoms with Crippen LogP contribution >= 0.6 is 11.6 Å². The second-order valence-electron chi connectivity index (χ2n) is 6.15. The number of anilines is 1. The molecule has 0 aliphatic rings. The molecule has 1 heterocycles. The van der Waals surface area contributed by atoms with Crippen molar-refractivity contribution in [2.75, 3.05) is 25.0 Å². The number of nitrogens with one attached hydrogen (secondary N) is 1. The van der Waals surface area contributed by atoms with Crippen LogP contribution in [0.3, 0.4) is 0 Å². The van der Waals surface area contributed by atoms with E-state index in [1.165, 1.54) is 28.6 Å². The number of rotatable bonds is 8. The molecule has 1 N–H and O–H groups in total. The number of hydrogen-bond donors (Lipinski definition) is 1. The standard InChI is InChI=1S/C18H19ClFN5O4S/c1-3-24(4-2)30(27,28)13-6-8-16-17(10-13)25(23-22-16)29-11-18(26)21-15-7-5-12(20)9-14(15)19/h5-10H,3-4,11H2,1-2H3,(H,21,26). The minimum Gasteiger partial charge on any atom is -0.385 e. The number of benzene rings is 2. The highest BCUT2D eigenvalue weighted by Crippen LogP contribution is 2.22. The lowest BCUT2D eigenvalue weighted by atomic mass is 10.3. The van der Waals surface area contributed by atoms with E-state index < -0.39 is 28.4 Å². The van der Waals surface area contributed by atoms with Crippen LogP contribution in [-0.4, -0.2) is 53.5 Å². The van der Waals surface area contributed by atoms with Gasteiger partial charge in [0.1, 0.15) is 16.9 Å². The van der Waals surface area contributed by atoms with Crippen LogP contribution in [0, 0.1) is 5.82 Å². The minimum atomic E-state index is -3.68. The number of halogens is 2. The first-order valence-corrected chi connectivity index (χ1v) is 10.8. The summed E-state index contributed by atoms with van der Waals surface area (Å²) in [5, 5.41) is 10.2. The van der Waals surface area contributed by atoms with E-state index in [0.717, 1.165) is 17.0 Å². The van der Waals surface area contributed by atoms with Crippen molar-refractivity contribution in [2.45, 2.75) is 18.7 Å². The fraction of sp³-hybridized carbons (Fsp3) is 0.278. The highest BCUT2D eigenvalue weighted by molar-refractivity contribution is 7.89. The number of amides is 1. The van der Waals surface area contributed by atoms with Crippen molar-refractivity contribution in [3.05, 3.63) is 47.2 Å². The highest BCUT2D eigenvalue weighted by Gasteiger charge is 2.23. The molecule has 0 aliphatic carbocycles. The summed E-state index contributed by atoms with van der Waals surface area (Å²) >= 11 is 5.88. The largest absolute Gasteiger partial charge is 0.385 e.